The van der Waals surface area contributed by atoms with Crippen LogP contribution in [0.4, 0.5) is 11.5 Å². The summed E-state index contributed by atoms with van der Waals surface area (Å²) in [5.74, 6) is 2.31. The van der Waals surface area contributed by atoms with Crippen LogP contribution in [0, 0.1) is 12.8 Å². The van der Waals surface area contributed by atoms with E-state index in [1.54, 1.807) is 0 Å². The number of imidazole rings is 1. The fraction of sp³-hybridized carbons (Fsp3) is 0.400. The summed E-state index contributed by atoms with van der Waals surface area (Å²) < 4.78 is 2.26. The van der Waals surface area contributed by atoms with Crippen molar-refractivity contribution >= 4 is 17.4 Å². The molecule has 6 nitrogen and oxygen atoms in total. The molecule has 1 amide bonds. The molecule has 0 aliphatic carbocycles. The summed E-state index contributed by atoms with van der Waals surface area (Å²) in [5.41, 5.74) is 4.05. The lowest BCUT2D eigenvalue weighted by molar-refractivity contribution is -0.120. The van der Waals surface area contributed by atoms with E-state index in [-0.39, 0.29) is 11.8 Å². The molecule has 5 rings (SSSR count). The van der Waals surface area contributed by atoms with E-state index in [2.05, 4.69) is 44.2 Å². The van der Waals surface area contributed by atoms with Crippen molar-refractivity contribution in [3.63, 3.8) is 0 Å². The highest BCUT2D eigenvalue weighted by Gasteiger charge is 2.25. The van der Waals surface area contributed by atoms with E-state index in [0.29, 0.717) is 0 Å². The van der Waals surface area contributed by atoms with Gasteiger partial charge in [0, 0.05) is 55.6 Å². The van der Waals surface area contributed by atoms with Gasteiger partial charge in [-0.1, -0.05) is 18.2 Å². The number of hydrogen-bond donors (Lipinski definition) is 1. The van der Waals surface area contributed by atoms with E-state index >= 15 is 0 Å². The summed E-state index contributed by atoms with van der Waals surface area (Å²) >= 11 is 0. The Morgan fingerprint density at radius 1 is 1.10 bits per heavy atom. The van der Waals surface area contributed by atoms with Crippen molar-refractivity contribution in [2.24, 2.45) is 5.92 Å². The molecule has 0 atom stereocenters. The Kier molecular flexibility index (Phi) is 5.45. The van der Waals surface area contributed by atoms with Crippen LogP contribution in [-0.2, 0) is 17.8 Å². The zero-order valence-corrected chi connectivity index (χ0v) is 18.1. The normalized spacial score (nSPS) is 16.7. The minimum atomic E-state index is 0.0327. The maximum absolute atomic E-state index is 12.9. The van der Waals surface area contributed by atoms with Crippen LogP contribution in [0.15, 0.2) is 48.8 Å². The molecule has 0 unspecified atom stereocenters. The summed E-state index contributed by atoms with van der Waals surface area (Å²) in [7, 11) is 0. The fourth-order valence-electron chi connectivity index (χ4n) is 4.57. The number of rotatable bonds is 4. The van der Waals surface area contributed by atoms with E-state index in [1.165, 1.54) is 18.7 Å². The number of hydrogen-bond acceptors (Lipinski definition) is 4. The van der Waals surface area contributed by atoms with Crippen LogP contribution < -0.4 is 10.2 Å². The summed E-state index contributed by atoms with van der Waals surface area (Å²) in [5, 5.41) is 3.14. The second-order valence-corrected chi connectivity index (χ2v) is 8.72. The molecule has 2 aliphatic rings. The van der Waals surface area contributed by atoms with Crippen LogP contribution in [0.2, 0.25) is 0 Å². The van der Waals surface area contributed by atoms with Gasteiger partial charge in [-0.15, -0.1) is 0 Å². The number of amides is 1. The van der Waals surface area contributed by atoms with Crippen molar-refractivity contribution in [1.82, 2.24) is 14.5 Å². The van der Waals surface area contributed by atoms with Crippen molar-refractivity contribution < 1.29 is 4.79 Å². The highest BCUT2D eigenvalue weighted by Crippen LogP contribution is 2.27. The molecule has 3 aromatic rings. The monoisotopic (exact) mass is 415 g/mol. The lowest BCUT2D eigenvalue weighted by atomic mass is 9.95. The van der Waals surface area contributed by atoms with Gasteiger partial charge in [0.25, 0.3) is 0 Å². The Bertz CT molecular complexity index is 1040. The summed E-state index contributed by atoms with van der Waals surface area (Å²) in [6.07, 6.45) is 9.21. The quantitative estimate of drug-likeness (QED) is 0.684. The van der Waals surface area contributed by atoms with Crippen molar-refractivity contribution in [1.29, 1.82) is 0 Å². The minimum Gasteiger partial charge on any atom is -0.357 e. The number of nitrogens with zero attached hydrogens (tertiary/aromatic N) is 4. The molecule has 160 valence electrons. The predicted octanol–water partition coefficient (Wildman–Crippen LogP) is 4.44. The van der Waals surface area contributed by atoms with Crippen LogP contribution in [-0.4, -0.2) is 33.5 Å². The molecule has 6 heteroatoms. The Balaban J connectivity index is 1.21. The van der Waals surface area contributed by atoms with E-state index in [4.69, 9.17) is 4.98 Å². The number of carbonyl (C=O) groups excluding carboxylic acids is 1. The van der Waals surface area contributed by atoms with Gasteiger partial charge in [0.1, 0.15) is 11.6 Å². The first-order chi connectivity index (χ1) is 15.2. The average molecular weight is 416 g/mol. The van der Waals surface area contributed by atoms with Crippen LogP contribution in [0.3, 0.4) is 0 Å². The van der Waals surface area contributed by atoms with Gasteiger partial charge in [0.05, 0.1) is 5.69 Å². The smallest absolute Gasteiger partial charge is 0.227 e. The number of piperidine rings is 1. The van der Waals surface area contributed by atoms with Gasteiger partial charge in [0.15, 0.2) is 0 Å². The molecule has 2 aromatic heterocycles. The number of carbonyl (C=O) groups is 1. The second kappa shape index (κ2) is 8.53. The van der Waals surface area contributed by atoms with Gasteiger partial charge < -0.3 is 14.8 Å². The molecule has 1 aromatic carbocycles. The molecule has 1 N–H and O–H groups in total. The first-order valence-corrected chi connectivity index (χ1v) is 11.3. The largest absolute Gasteiger partial charge is 0.357 e. The molecule has 0 saturated carbocycles. The molecule has 0 bridgehead atoms. The number of anilines is 2. The Morgan fingerprint density at radius 3 is 2.74 bits per heavy atom. The highest BCUT2D eigenvalue weighted by atomic mass is 16.1. The van der Waals surface area contributed by atoms with Crippen LogP contribution in [0.25, 0.3) is 11.3 Å². The van der Waals surface area contributed by atoms with Crippen LogP contribution in [0.5, 0.6) is 0 Å². The van der Waals surface area contributed by atoms with Crippen LogP contribution in [0.1, 0.15) is 37.1 Å². The van der Waals surface area contributed by atoms with Crippen LogP contribution >= 0.6 is 0 Å². The number of pyridine rings is 1. The lowest BCUT2D eigenvalue weighted by Crippen LogP contribution is -2.38. The molecule has 31 heavy (non-hydrogen) atoms. The number of fused-ring (bicyclic) bond motifs is 1. The van der Waals surface area contributed by atoms with E-state index in [9.17, 15) is 4.79 Å². The Morgan fingerprint density at radius 2 is 1.97 bits per heavy atom. The molecule has 0 radical (unpaired) electrons. The maximum atomic E-state index is 12.9. The van der Waals surface area contributed by atoms with Gasteiger partial charge in [-0.25, -0.2) is 9.97 Å². The maximum Gasteiger partial charge on any atom is 0.227 e. The Labute approximate surface area is 183 Å². The topological polar surface area (TPSA) is 63.1 Å². The molecule has 1 fully saturated rings. The second-order valence-electron chi connectivity index (χ2n) is 8.72. The minimum absolute atomic E-state index is 0.0327. The van der Waals surface area contributed by atoms with E-state index in [0.717, 1.165) is 67.2 Å². The number of aryl methyl sites for hydroxylation is 3. The third-order valence-electron chi connectivity index (χ3n) is 6.42. The average Bonchev–Trinajstić information content (AvgIpc) is 3.24. The van der Waals surface area contributed by atoms with Gasteiger partial charge in [-0.2, -0.15) is 0 Å². The predicted molar refractivity (Wildman–Crippen MR) is 123 cm³/mol. The highest BCUT2D eigenvalue weighted by molar-refractivity contribution is 5.93. The third kappa shape index (κ3) is 4.33. The zero-order valence-electron chi connectivity index (χ0n) is 18.1. The zero-order chi connectivity index (χ0) is 21.2. The lowest BCUT2D eigenvalue weighted by Gasteiger charge is -2.32. The first kappa shape index (κ1) is 19.8. The van der Waals surface area contributed by atoms with Crippen molar-refractivity contribution in [2.45, 2.75) is 45.6 Å². The van der Waals surface area contributed by atoms with E-state index in [1.807, 2.05) is 31.3 Å². The van der Waals surface area contributed by atoms with Crippen molar-refractivity contribution in [3.8, 4) is 11.3 Å². The van der Waals surface area contributed by atoms with Gasteiger partial charge >= 0.3 is 0 Å². The van der Waals surface area contributed by atoms with E-state index < -0.39 is 0 Å². The number of benzene rings is 1. The standard InChI is InChI=1S/C25H29N5O/c1-18-8-9-23(26-16-18)29-13-10-19(11-14-29)25(31)27-21-6-4-5-20(15-21)22-17-30-12-3-2-7-24(30)28-22/h4-6,8-9,15-17,19H,2-3,7,10-14H2,1H3,(H,27,31). The van der Waals surface area contributed by atoms with Gasteiger partial charge in [-0.05, 0) is 56.4 Å². The summed E-state index contributed by atoms with van der Waals surface area (Å²) in [6, 6.07) is 12.2. The SMILES string of the molecule is Cc1ccc(N2CCC(C(=O)Nc3cccc(-c4cn5c(n4)CCCC5)c3)CC2)nc1. The summed E-state index contributed by atoms with van der Waals surface area (Å²) in [4.78, 5) is 24.5. The molecule has 1 saturated heterocycles. The summed E-state index contributed by atoms with van der Waals surface area (Å²) in [6.45, 7) is 4.81. The molecule has 2 aliphatic heterocycles. The number of aromatic nitrogens is 3. The third-order valence-corrected chi connectivity index (χ3v) is 6.42. The first-order valence-electron chi connectivity index (χ1n) is 11.3. The van der Waals surface area contributed by atoms with Crippen molar-refractivity contribution in [2.75, 3.05) is 23.3 Å². The number of nitrogens with one attached hydrogen (secondary N) is 1. The van der Waals surface area contributed by atoms with Gasteiger partial charge in [0.2, 0.25) is 5.91 Å². The molecule has 0 spiro atoms. The molecular weight excluding hydrogens is 386 g/mol. The molecule has 4 heterocycles. The Hall–Kier alpha value is -3.15. The fourth-order valence-corrected chi connectivity index (χ4v) is 4.57. The molecular formula is C25H29N5O. The van der Waals surface area contributed by atoms with Crippen molar-refractivity contribution in [3.05, 3.63) is 60.2 Å². The van der Waals surface area contributed by atoms with Gasteiger partial charge in [-0.3, -0.25) is 4.79 Å².